The van der Waals surface area contributed by atoms with E-state index in [4.69, 9.17) is 19.2 Å². The number of guanidine groups is 1. The zero-order chi connectivity index (χ0) is 22.8. The lowest BCUT2D eigenvalue weighted by molar-refractivity contribution is 0.0179. The van der Waals surface area contributed by atoms with Gasteiger partial charge in [-0.1, -0.05) is 6.07 Å². The lowest BCUT2D eigenvalue weighted by Gasteiger charge is -2.34. The van der Waals surface area contributed by atoms with Crippen LogP contribution in [0.15, 0.2) is 35.6 Å². The molecule has 9 nitrogen and oxygen atoms in total. The molecule has 0 aliphatic carbocycles. The summed E-state index contributed by atoms with van der Waals surface area (Å²) >= 11 is 0. The van der Waals surface area contributed by atoms with Crippen LogP contribution in [0.25, 0.3) is 0 Å². The Morgan fingerprint density at radius 3 is 2.58 bits per heavy atom. The molecule has 10 heteroatoms. The number of hydrogen-bond acceptors (Lipinski definition) is 6. The molecule has 0 saturated carbocycles. The van der Waals surface area contributed by atoms with Gasteiger partial charge in [-0.15, -0.1) is 24.0 Å². The summed E-state index contributed by atoms with van der Waals surface area (Å²) in [5, 5.41) is 11.0. The van der Waals surface area contributed by atoms with Crippen molar-refractivity contribution in [2.24, 2.45) is 12.0 Å². The van der Waals surface area contributed by atoms with Crippen molar-refractivity contribution < 1.29 is 14.2 Å². The number of aromatic nitrogens is 2. The zero-order valence-corrected chi connectivity index (χ0v) is 22.4. The number of hydrogen-bond donors (Lipinski definition) is 2. The topological polar surface area (TPSA) is 85.2 Å². The summed E-state index contributed by atoms with van der Waals surface area (Å²) in [6.45, 7) is 7.50. The fourth-order valence-electron chi connectivity index (χ4n) is 3.83. The summed E-state index contributed by atoms with van der Waals surface area (Å²) in [5.74, 6) is 2.27. The summed E-state index contributed by atoms with van der Waals surface area (Å²) in [7, 11) is 5.25. The van der Waals surface area contributed by atoms with Crippen molar-refractivity contribution in [1.29, 1.82) is 0 Å². The van der Waals surface area contributed by atoms with Crippen LogP contribution in [-0.2, 0) is 18.2 Å². The molecular formula is C23H37IN6O3. The number of nitrogens with one attached hydrogen (secondary N) is 2. The lowest BCUT2D eigenvalue weighted by atomic mass is 10.0. The minimum Gasteiger partial charge on any atom is -0.493 e. The van der Waals surface area contributed by atoms with E-state index in [1.54, 1.807) is 14.2 Å². The standard InChI is InChI=1S/C23H36N6O3.HI/c1-5-24-23(25-9-8-18-15-27-28(2)17-18)26-16-20(29-10-12-32-13-11-29)19-6-7-21(30-3)22(14-19)31-4;/h6-7,14-15,17,20H,5,8-13,16H2,1-4H3,(H2,24,25,26);1H. The first-order valence-corrected chi connectivity index (χ1v) is 11.2. The van der Waals surface area contributed by atoms with Gasteiger partial charge >= 0.3 is 0 Å². The van der Waals surface area contributed by atoms with Gasteiger partial charge in [0, 0.05) is 39.4 Å². The molecule has 1 aliphatic rings. The molecule has 33 heavy (non-hydrogen) atoms. The number of rotatable bonds is 10. The molecule has 2 N–H and O–H groups in total. The third kappa shape index (κ3) is 8.04. The molecule has 1 aromatic heterocycles. The minimum atomic E-state index is 0. The van der Waals surface area contributed by atoms with Crippen molar-refractivity contribution in [3.8, 4) is 11.5 Å². The van der Waals surface area contributed by atoms with Crippen LogP contribution < -0.4 is 20.1 Å². The number of benzene rings is 1. The third-order valence-corrected chi connectivity index (χ3v) is 5.51. The Morgan fingerprint density at radius 1 is 1.18 bits per heavy atom. The number of morpholine rings is 1. The molecule has 0 spiro atoms. The number of nitrogens with zero attached hydrogens (tertiary/aromatic N) is 4. The zero-order valence-electron chi connectivity index (χ0n) is 20.0. The highest BCUT2D eigenvalue weighted by Gasteiger charge is 2.24. The Kier molecular flexibility index (Phi) is 11.8. The van der Waals surface area contributed by atoms with Crippen LogP contribution in [0.3, 0.4) is 0 Å². The Hall–Kier alpha value is -2.05. The maximum atomic E-state index is 5.57. The Morgan fingerprint density at radius 2 is 1.94 bits per heavy atom. The molecule has 2 heterocycles. The molecule has 184 valence electrons. The van der Waals surface area contributed by atoms with Gasteiger partial charge in [0.05, 0.1) is 46.2 Å². The molecule has 1 unspecified atom stereocenters. The van der Waals surface area contributed by atoms with E-state index in [9.17, 15) is 0 Å². The van der Waals surface area contributed by atoms with Crippen molar-refractivity contribution in [3.63, 3.8) is 0 Å². The summed E-state index contributed by atoms with van der Waals surface area (Å²) in [5.41, 5.74) is 2.35. The van der Waals surface area contributed by atoms with Crippen LogP contribution in [0.5, 0.6) is 11.5 Å². The fourth-order valence-corrected chi connectivity index (χ4v) is 3.83. The maximum Gasteiger partial charge on any atom is 0.191 e. The van der Waals surface area contributed by atoms with Gasteiger partial charge in [0.15, 0.2) is 17.5 Å². The molecule has 3 rings (SSSR count). The molecule has 1 atom stereocenters. The van der Waals surface area contributed by atoms with Crippen molar-refractivity contribution >= 4 is 29.9 Å². The van der Waals surface area contributed by atoms with Crippen LogP contribution >= 0.6 is 24.0 Å². The molecule has 0 radical (unpaired) electrons. The third-order valence-electron chi connectivity index (χ3n) is 5.51. The average Bonchev–Trinajstić information content (AvgIpc) is 3.24. The van der Waals surface area contributed by atoms with Gasteiger partial charge in [-0.2, -0.15) is 5.10 Å². The van der Waals surface area contributed by atoms with Crippen LogP contribution in [0.4, 0.5) is 0 Å². The van der Waals surface area contributed by atoms with Gasteiger partial charge in [0.25, 0.3) is 0 Å². The summed E-state index contributed by atoms with van der Waals surface area (Å²) in [4.78, 5) is 7.34. The second-order valence-electron chi connectivity index (χ2n) is 7.70. The molecule has 0 bridgehead atoms. The van der Waals surface area contributed by atoms with E-state index in [1.807, 2.05) is 30.2 Å². The number of aliphatic imine (C=N–C) groups is 1. The van der Waals surface area contributed by atoms with Crippen molar-refractivity contribution in [2.45, 2.75) is 19.4 Å². The quantitative estimate of drug-likeness (QED) is 0.257. The predicted molar refractivity (Wildman–Crippen MR) is 141 cm³/mol. The van der Waals surface area contributed by atoms with Crippen molar-refractivity contribution in [3.05, 3.63) is 41.7 Å². The molecule has 1 fully saturated rings. The summed E-state index contributed by atoms with van der Waals surface area (Å²) in [6.07, 6.45) is 4.83. The normalized spacial score (nSPS) is 15.5. The van der Waals surface area contributed by atoms with Crippen LogP contribution in [0, 0.1) is 0 Å². The maximum absolute atomic E-state index is 5.57. The predicted octanol–water partition coefficient (Wildman–Crippen LogP) is 2.23. The number of halogens is 1. The fraction of sp³-hybridized carbons (Fsp3) is 0.565. The smallest absolute Gasteiger partial charge is 0.191 e. The van der Waals surface area contributed by atoms with Crippen LogP contribution in [0.2, 0.25) is 0 Å². The Labute approximate surface area is 213 Å². The average molecular weight is 572 g/mol. The Bertz CT molecular complexity index is 870. The van der Waals surface area contributed by atoms with Gasteiger partial charge in [-0.25, -0.2) is 0 Å². The number of aryl methyl sites for hydroxylation is 1. The van der Waals surface area contributed by atoms with Crippen LogP contribution in [-0.4, -0.2) is 80.8 Å². The number of methoxy groups -OCH3 is 2. The largest absolute Gasteiger partial charge is 0.493 e. The SMILES string of the molecule is CCNC(=NCC(c1ccc(OC)c(OC)c1)N1CCOCC1)NCCc1cnn(C)c1.I. The van der Waals surface area contributed by atoms with E-state index in [1.165, 1.54) is 5.56 Å². The van der Waals surface area contributed by atoms with Gasteiger partial charge in [0.2, 0.25) is 0 Å². The first-order chi connectivity index (χ1) is 15.6. The summed E-state index contributed by atoms with van der Waals surface area (Å²) < 4.78 is 18.4. The van der Waals surface area contributed by atoms with E-state index in [-0.39, 0.29) is 30.0 Å². The van der Waals surface area contributed by atoms with Gasteiger partial charge < -0.3 is 24.8 Å². The molecule has 0 amide bonds. The van der Waals surface area contributed by atoms with E-state index in [0.29, 0.717) is 6.54 Å². The van der Waals surface area contributed by atoms with Gasteiger partial charge in [-0.05, 0) is 36.6 Å². The molecule has 1 saturated heterocycles. The van der Waals surface area contributed by atoms with E-state index in [2.05, 4.69) is 39.7 Å². The monoisotopic (exact) mass is 572 g/mol. The minimum absolute atomic E-state index is 0. The number of ether oxygens (including phenoxy) is 3. The van der Waals surface area contributed by atoms with Crippen molar-refractivity contribution in [1.82, 2.24) is 25.3 Å². The highest BCUT2D eigenvalue weighted by atomic mass is 127. The second-order valence-corrected chi connectivity index (χ2v) is 7.70. The molecule has 1 aromatic carbocycles. The first kappa shape index (κ1) is 27.2. The molecule has 1 aliphatic heterocycles. The van der Waals surface area contributed by atoms with Gasteiger partial charge in [0.1, 0.15) is 0 Å². The molecule has 2 aromatic rings. The Balaban J connectivity index is 0.00000385. The highest BCUT2D eigenvalue weighted by Crippen LogP contribution is 2.32. The lowest BCUT2D eigenvalue weighted by Crippen LogP contribution is -2.42. The van der Waals surface area contributed by atoms with Crippen LogP contribution in [0.1, 0.15) is 24.1 Å². The van der Waals surface area contributed by atoms with Crippen molar-refractivity contribution in [2.75, 3.05) is 60.2 Å². The molecular weight excluding hydrogens is 535 g/mol. The van der Waals surface area contributed by atoms with E-state index >= 15 is 0 Å². The second kappa shape index (κ2) is 14.3. The van der Waals surface area contributed by atoms with E-state index in [0.717, 1.165) is 68.8 Å². The van der Waals surface area contributed by atoms with E-state index < -0.39 is 0 Å². The highest BCUT2D eigenvalue weighted by molar-refractivity contribution is 14.0. The van der Waals surface area contributed by atoms with Gasteiger partial charge in [-0.3, -0.25) is 14.6 Å². The first-order valence-electron chi connectivity index (χ1n) is 11.2. The summed E-state index contributed by atoms with van der Waals surface area (Å²) in [6, 6.07) is 6.23.